The number of hydrogen-bond donors (Lipinski definition) is 2. The van der Waals surface area contributed by atoms with Crippen molar-refractivity contribution in [3.8, 4) is 0 Å². The fraction of sp³-hybridized carbons (Fsp3) is 0.226. The van der Waals surface area contributed by atoms with Crippen LogP contribution in [0.1, 0.15) is 53.6 Å². The minimum absolute atomic E-state index is 0. The average molecular weight is 636 g/mol. The van der Waals surface area contributed by atoms with E-state index in [4.69, 9.17) is 17.3 Å². The molecule has 0 bridgehead atoms. The van der Waals surface area contributed by atoms with Gasteiger partial charge in [0.15, 0.2) is 5.00 Å². The van der Waals surface area contributed by atoms with Crippen LogP contribution in [0.15, 0.2) is 114 Å². The molecule has 2 atom stereocenters. The summed E-state index contributed by atoms with van der Waals surface area (Å²) < 4.78 is 28.7. The van der Waals surface area contributed by atoms with Gasteiger partial charge in [-0.25, -0.2) is 8.42 Å². The standard InChI is InChI=1S/C21H21ClN2O2S.C10H14.Ru/c1-16-12-14-19(15-13-16)27(25,26)24-21(22,18-10-6-3-7-11-18)20(23)17-8-4-2-5-9-17;1-8(2)10-6-4-9(3)5-7-10;/h2-15,20,24H,23H2,1H3;4-8H,1-3H3;/q;;+2/t20-,21+;;/m1../s1. The third-order valence-electron chi connectivity index (χ3n) is 6.14. The molecule has 200 valence electrons. The van der Waals surface area contributed by atoms with Crippen LogP contribution in [0.3, 0.4) is 0 Å². The molecule has 0 aliphatic heterocycles. The van der Waals surface area contributed by atoms with Gasteiger partial charge in [-0.3, -0.25) is 0 Å². The van der Waals surface area contributed by atoms with Gasteiger partial charge in [0.2, 0.25) is 10.0 Å². The molecule has 0 aliphatic rings. The zero-order chi connectivity index (χ0) is 27.1. The van der Waals surface area contributed by atoms with Gasteiger partial charge >= 0.3 is 19.5 Å². The number of alkyl halides is 1. The number of sulfonamides is 1. The van der Waals surface area contributed by atoms with E-state index in [0.29, 0.717) is 11.5 Å². The number of nitrogens with two attached hydrogens (primary N) is 1. The summed E-state index contributed by atoms with van der Waals surface area (Å²) in [4.78, 5) is -1.42. The number of nitrogens with one attached hydrogen (secondary N) is 1. The maximum absolute atomic E-state index is 13.0. The second-order valence-electron chi connectivity index (χ2n) is 9.45. The fourth-order valence-electron chi connectivity index (χ4n) is 3.80. The first kappa shape index (κ1) is 31.9. The van der Waals surface area contributed by atoms with Gasteiger partial charge in [0.05, 0.1) is 10.9 Å². The first-order chi connectivity index (χ1) is 17.5. The molecule has 0 amide bonds. The first-order valence-electron chi connectivity index (χ1n) is 12.2. The predicted molar refractivity (Wildman–Crippen MR) is 154 cm³/mol. The molecule has 0 aliphatic carbocycles. The van der Waals surface area contributed by atoms with Gasteiger partial charge in [0, 0.05) is 0 Å². The molecule has 0 spiro atoms. The van der Waals surface area contributed by atoms with Crippen molar-refractivity contribution >= 4 is 21.6 Å². The fourth-order valence-corrected chi connectivity index (χ4v) is 5.60. The molecule has 0 fully saturated rings. The summed E-state index contributed by atoms with van der Waals surface area (Å²) >= 11 is 6.90. The van der Waals surface area contributed by atoms with Gasteiger partial charge in [-0.2, -0.15) is 4.72 Å². The Kier molecular flexibility index (Phi) is 11.9. The molecule has 0 unspecified atom stereocenters. The third kappa shape index (κ3) is 8.33. The molecule has 4 aromatic carbocycles. The van der Waals surface area contributed by atoms with Crippen molar-refractivity contribution in [1.82, 2.24) is 4.72 Å². The van der Waals surface area contributed by atoms with E-state index in [1.165, 1.54) is 11.1 Å². The summed E-state index contributed by atoms with van der Waals surface area (Å²) in [6.45, 7) is 8.43. The first-order valence-corrected chi connectivity index (χ1v) is 14.1. The zero-order valence-corrected chi connectivity index (χ0v) is 25.4. The van der Waals surface area contributed by atoms with E-state index < -0.39 is 21.1 Å². The second kappa shape index (κ2) is 14.2. The van der Waals surface area contributed by atoms with Crippen LogP contribution in [0.2, 0.25) is 0 Å². The summed E-state index contributed by atoms with van der Waals surface area (Å²) in [6.07, 6.45) is 0. The molecular formula is C31H35ClN2O2RuS+2. The Hall–Kier alpha value is -2.34. The van der Waals surface area contributed by atoms with Crippen LogP contribution < -0.4 is 10.5 Å². The summed E-state index contributed by atoms with van der Waals surface area (Å²) in [6, 6.07) is 32.6. The van der Waals surface area contributed by atoms with E-state index in [9.17, 15) is 8.42 Å². The minimum atomic E-state index is -3.90. The SMILES string of the molecule is Cc1ccc(C(C)C)cc1.Cc1ccc(S(=O)(=O)N[C@@](Cl)(c2ccccc2)[C@H](N)c2ccccc2)cc1.[Ru+2]. The smallest absolute Gasteiger partial charge is 0.321 e. The Morgan fingerprint density at radius 2 is 1.16 bits per heavy atom. The zero-order valence-electron chi connectivity index (χ0n) is 22.1. The normalized spacial score (nSPS) is 13.4. The van der Waals surface area contributed by atoms with E-state index >= 15 is 0 Å². The van der Waals surface area contributed by atoms with E-state index in [2.05, 4.69) is 49.8 Å². The summed E-state index contributed by atoms with van der Waals surface area (Å²) in [7, 11) is -3.90. The molecule has 38 heavy (non-hydrogen) atoms. The third-order valence-corrected chi connectivity index (χ3v) is 8.28. The number of halogens is 1. The quantitative estimate of drug-likeness (QED) is 0.128. The number of aryl methyl sites for hydroxylation is 2. The molecule has 4 rings (SSSR count). The van der Waals surface area contributed by atoms with Crippen LogP contribution >= 0.6 is 11.6 Å². The van der Waals surface area contributed by atoms with Crippen LogP contribution in [-0.2, 0) is 34.5 Å². The van der Waals surface area contributed by atoms with Crippen LogP contribution in [0, 0.1) is 13.8 Å². The molecule has 4 aromatic rings. The van der Waals surface area contributed by atoms with Gasteiger partial charge < -0.3 is 5.73 Å². The number of benzene rings is 4. The Morgan fingerprint density at radius 1 is 0.711 bits per heavy atom. The molecule has 0 radical (unpaired) electrons. The second-order valence-corrected chi connectivity index (χ2v) is 11.7. The molecule has 0 heterocycles. The monoisotopic (exact) mass is 636 g/mol. The number of rotatable bonds is 7. The molecule has 0 aromatic heterocycles. The van der Waals surface area contributed by atoms with Crippen LogP contribution in [-0.4, -0.2) is 8.42 Å². The Labute approximate surface area is 245 Å². The summed E-state index contributed by atoms with van der Waals surface area (Å²) in [5, 5.41) is 0. The average Bonchev–Trinajstić information content (AvgIpc) is 2.90. The molecule has 0 saturated heterocycles. The van der Waals surface area contributed by atoms with E-state index in [-0.39, 0.29) is 24.4 Å². The van der Waals surface area contributed by atoms with Gasteiger partial charge in [0.1, 0.15) is 0 Å². The van der Waals surface area contributed by atoms with E-state index in [1.807, 2.05) is 43.3 Å². The van der Waals surface area contributed by atoms with Crippen LogP contribution in [0.5, 0.6) is 0 Å². The Balaban J connectivity index is 0.000000389. The van der Waals surface area contributed by atoms with Crippen molar-refractivity contribution in [3.63, 3.8) is 0 Å². The van der Waals surface area contributed by atoms with E-state index in [1.54, 1.807) is 48.5 Å². The van der Waals surface area contributed by atoms with Crippen molar-refractivity contribution in [2.75, 3.05) is 0 Å². The summed E-state index contributed by atoms with van der Waals surface area (Å²) in [5.74, 6) is 0.653. The molecular weight excluding hydrogens is 601 g/mol. The van der Waals surface area contributed by atoms with Crippen LogP contribution in [0.25, 0.3) is 0 Å². The molecule has 0 saturated carbocycles. The molecule has 4 nitrogen and oxygen atoms in total. The van der Waals surface area contributed by atoms with Gasteiger partial charge in [-0.05, 0) is 48.6 Å². The maximum Gasteiger partial charge on any atom is 2.00 e. The molecule has 3 N–H and O–H groups in total. The van der Waals surface area contributed by atoms with Crippen molar-refractivity contribution in [2.24, 2.45) is 5.73 Å². The minimum Gasteiger partial charge on any atom is -0.321 e. The van der Waals surface area contributed by atoms with Crippen molar-refractivity contribution in [2.45, 2.75) is 49.5 Å². The predicted octanol–water partition coefficient (Wildman–Crippen LogP) is 7.18. The van der Waals surface area contributed by atoms with Crippen molar-refractivity contribution in [3.05, 3.63) is 137 Å². The van der Waals surface area contributed by atoms with Crippen molar-refractivity contribution in [1.29, 1.82) is 0 Å². The van der Waals surface area contributed by atoms with Crippen LogP contribution in [0.4, 0.5) is 0 Å². The van der Waals surface area contributed by atoms with Gasteiger partial charge in [-0.1, -0.05) is 134 Å². The maximum atomic E-state index is 13.0. The Morgan fingerprint density at radius 3 is 1.63 bits per heavy atom. The Bertz CT molecular complexity index is 1370. The van der Waals surface area contributed by atoms with Gasteiger partial charge in [-0.15, -0.1) is 0 Å². The largest absolute Gasteiger partial charge is 2.00 e. The van der Waals surface area contributed by atoms with E-state index in [0.717, 1.165) is 11.1 Å². The summed E-state index contributed by atoms with van der Waals surface area (Å²) in [5.41, 5.74) is 11.5. The van der Waals surface area contributed by atoms with Gasteiger partial charge in [0.25, 0.3) is 0 Å². The number of hydrogen-bond acceptors (Lipinski definition) is 3. The topological polar surface area (TPSA) is 72.2 Å². The van der Waals surface area contributed by atoms with Crippen molar-refractivity contribution < 1.29 is 27.9 Å². The molecule has 7 heteroatoms.